The molecular formula is C6H9F2N3O. The minimum atomic E-state index is -3.06. The van der Waals surface area contributed by atoms with Crippen molar-refractivity contribution >= 4 is 0 Å². The van der Waals surface area contributed by atoms with Gasteiger partial charge in [0.15, 0.2) is 5.82 Å². The molecule has 1 rings (SSSR count). The van der Waals surface area contributed by atoms with Gasteiger partial charge in [0, 0.05) is 6.92 Å². The number of halogens is 2. The minimum absolute atomic E-state index is 0.231. The quantitative estimate of drug-likeness (QED) is 0.745. The van der Waals surface area contributed by atoms with E-state index in [1.807, 2.05) is 0 Å². The van der Waals surface area contributed by atoms with E-state index in [2.05, 4.69) is 20.0 Å². The minimum Gasteiger partial charge on any atom is -0.333 e. The van der Waals surface area contributed by atoms with E-state index in [0.29, 0.717) is 13.5 Å². The summed E-state index contributed by atoms with van der Waals surface area (Å²) in [6, 6.07) is 0. The van der Waals surface area contributed by atoms with E-state index in [0.717, 1.165) is 0 Å². The maximum atomic E-state index is 12.5. The summed E-state index contributed by atoms with van der Waals surface area (Å²) in [5.41, 5.74) is 0. The van der Waals surface area contributed by atoms with Gasteiger partial charge >= 0.3 is 5.92 Å². The second-order valence-corrected chi connectivity index (χ2v) is 2.43. The van der Waals surface area contributed by atoms with Gasteiger partial charge in [-0.05, 0) is 7.05 Å². The van der Waals surface area contributed by atoms with Crippen molar-refractivity contribution < 1.29 is 13.3 Å². The Bertz CT molecular complexity index is 256. The van der Waals surface area contributed by atoms with E-state index in [9.17, 15) is 8.78 Å². The maximum Gasteiger partial charge on any atom is 0.322 e. The summed E-state index contributed by atoms with van der Waals surface area (Å²) >= 11 is 0. The van der Waals surface area contributed by atoms with Gasteiger partial charge < -0.3 is 9.84 Å². The Balaban J connectivity index is 2.77. The molecule has 6 heteroatoms. The number of hydrogen-bond acceptors (Lipinski definition) is 4. The van der Waals surface area contributed by atoms with E-state index in [-0.39, 0.29) is 5.82 Å². The lowest BCUT2D eigenvalue weighted by atomic mass is 10.4. The Kier molecular flexibility index (Phi) is 2.37. The number of alkyl halides is 2. The van der Waals surface area contributed by atoms with Crippen molar-refractivity contribution in [2.45, 2.75) is 19.4 Å². The fourth-order valence-electron chi connectivity index (χ4n) is 0.662. The van der Waals surface area contributed by atoms with E-state index < -0.39 is 11.8 Å². The molecule has 0 saturated carbocycles. The lowest BCUT2D eigenvalue weighted by molar-refractivity contribution is -0.0158. The molecule has 0 amide bonds. The first kappa shape index (κ1) is 9.05. The van der Waals surface area contributed by atoms with Gasteiger partial charge in [0.2, 0.25) is 0 Å². The predicted molar refractivity (Wildman–Crippen MR) is 36.6 cm³/mol. The summed E-state index contributed by atoms with van der Waals surface area (Å²) in [4.78, 5) is 3.48. The van der Waals surface area contributed by atoms with Gasteiger partial charge in [0.25, 0.3) is 5.89 Å². The first-order valence-corrected chi connectivity index (χ1v) is 3.39. The Morgan fingerprint density at radius 2 is 2.25 bits per heavy atom. The standard InChI is InChI=1S/C6H9F2N3O/c1-6(7,8)5-10-4(3-9-2)11-12-5/h9H,3H2,1-2H3. The summed E-state index contributed by atoms with van der Waals surface area (Å²) < 4.78 is 29.3. The van der Waals surface area contributed by atoms with Gasteiger partial charge in [-0.1, -0.05) is 5.16 Å². The van der Waals surface area contributed by atoms with Crippen LogP contribution in [0.1, 0.15) is 18.6 Å². The van der Waals surface area contributed by atoms with Crippen LogP contribution in [-0.4, -0.2) is 17.2 Å². The van der Waals surface area contributed by atoms with Crippen LogP contribution in [0.5, 0.6) is 0 Å². The number of aromatic nitrogens is 2. The molecule has 1 N–H and O–H groups in total. The smallest absolute Gasteiger partial charge is 0.322 e. The topological polar surface area (TPSA) is 51.0 Å². The van der Waals surface area contributed by atoms with Crippen molar-refractivity contribution in [1.29, 1.82) is 0 Å². The zero-order valence-electron chi connectivity index (χ0n) is 6.77. The molecule has 68 valence electrons. The van der Waals surface area contributed by atoms with Crippen LogP contribution in [0.15, 0.2) is 4.52 Å². The number of nitrogens with one attached hydrogen (secondary N) is 1. The van der Waals surface area contributed by atoms with Crippen LogP contribution in [0.4, 0.5) is 8.78 Å². The molecule has 0 bridgehead atoms. The molecule has 0 saturated heterocycles. The van der Waals surface area contributed by atoms with Crippen LogP contribution in [0.25, 0.3) is 0 Å². The Morgan fingerprint density at radius 3 is 2.67 bits per heavy atom. The van der Waals surface area contributed by atoms with Crippen LogP contribution in [0.3, 0.4) is 0 Å². The molecule has 12 heavy (non-hydrogen) atoms. The van der Waals surface area contributed by atoms with Crippen LogP contribution in [0, 0.1) is 0 Å². The SMILES string of the molecule is CNCc1noc(C(C)(F)F)n1. The molecule has 1 aromatic heterocycles. The van der Waals surface area contributed by atoms with Crippen LogP contribution in [-0.2, 0) is 12.5 Å². The third-order valence-electron chi connectivity index (χ3n) is 1.18. The van der Waals surface area contributed by atoms with Gasteiger partial charge in [-0.25, -0.2) is 0 Å². The largest absolute Gasteiger partial charge is 0.333 e. The maximum absolute atomic E-state index is 12.5. The lowest BCUT2D eigenvalue weighted by Crippen LogP contribution is -2.09. The molecule has 1 aromatic rings. The summed E-state index contributed by atoms with van der Waals surface area (Å²) in [5.74, 6) is -3.47. The third-order valence-corrected chi connectivity index (χ3v) is 1.18. The molecule has 0 aliphatic rings. The molecular weight excluding hydrogens is 168 g/mol. The number of nitrogens with zero attached hydrogens (tertiary/aromatic N) is 2. The average Bonchev–Trinajstić information content (AvgIpc) is 2.35. The fourth-order valence-corrected chi connectivity index (χ4v) is 0.662. The summed E-state index contributed by atoms with van der Waals surface area (Å²) in [6.45, 7) is 1.03. The molecule has 4 nitrogen and oxygen atoms in total. The Labute approximate surface area is 68.0 Å². The zero-order valence-corrected chi connectivity index (χ0v) is 6.77. The van der Waals surface area contributed by atoms with E-state index in [4.69, 9.17) is 0 Å². The van der Waals surface area contributed by atoms with Crippen molar-refractivity contribution in [3.05, 3.63) is 11.7 Å². The third kappa shape index (κ3) is 1.97. The molecule has 0 aromatic carbocycles. The molecule has 0 atom stereocenters. The molecule has 0 aliphatic carbocycles. The van der Waals surface area contributed by atoms with Crippen LogP contribution in [0.2, 0.25) is 0 Å². The van der Waals surface area contributed by atoms with Crippen LogP contribution < -0.4 is 5.32 Å². The monoisotopic (exact) mass is 177 g/mol. The molecule has 0 fully saturated rings. The molecule has 0 aliphatic heterocycles. The van der Waals surface area contributed by atoms with Crippen molar-refractivity contribution in [1.82, 2.24) is 15.5 Å². The van der Waals surface area contributed by atoms with Crippen LogP contribution >= 0.6 is 0 Å². The van der Waals surface area contributed by atoms with Gasteiger partial charge in [0.05, 0.1) is 6.54 Å². The normalized spacial score (nSPS) is 12.0. The van der Waals surface area contributed by atoms with Gasteiger partial charge in [-0.2, -0.15) is 13.8 Å². The highest BCUT2D eigenvalue weighted by atomic mass is 19.3. The Hall–Kier alpha value is -1.04. The first-order valence-electron chi connectivity index (χ1n) is 3.39. The summed E-state index contributed by atoms with van der Waals surface area (Å²) in [6.07, 6.45) is 0. The second kappa shape index (κ2) is 3.14. The summed E-state index contributed by atoms with van der Waals surface area (Å²) in [5, 5.41) is 6.06. The second-order valence-electron chi connectivity index (χ2n) is 2.43. The average molecular weight is 177 g/mol. The lowest BCUT2D eigenvalue weighted by Gasteiger charge is -2.00. The molecule has 0 radical (unpaired) electrons. The van der Waals surface area contributed by atoms with Crippen molar-refractivity contribution in [2.75, 3.05) is 7.05 Å². The van der Waals surface area contributed by atoms with Gasteiger partial charge in [-0.15, -0.1) is 0 Å². The Morgan fingerprint density at radius 1 is 1.58 bits per heavy atom. The number of rotatable bonds is 3. The zero-order chi connectivity index (χ0) is 9.19. The predicted octanol–water partition coefficient (Wildman–Crippen LogP) is 0.901. The van der Waals surface area contributed by atoms with E-state index >= 15 is 0 Å². The van der Waals surface area contributed by atoms with Gasteiger partial charge in [-0.3, -0.25) is 0 Å². The van der Waals surface area contributed by atoms with E-state index in [1.165, 1.54) is 0 Å². The highest BCUT2D eigenvalue weighted by Crippen LogP contribution is 2.24. The van der Waals surface area contributed by atoms with Crippen molar-refractivity contribution in [3.63, 3.8) is 0 Å². The molecule has 0 unspecified atom stereocenters. The fraction of sp³-hybridized carbons (Fsp3) is 0.667. The number of hydrogen-bond donors (Lipinski definition) is 1. The highest BCUT2D eigenvalue weighted by Gasteiger charge is 2.31. The molecule has 0 spiro atoms. The van der Waals surface area contributed by atoms with Crippen molar-refractivity contribution in [3.8, 4) is 0 Å². The van der Waals surface area contributed by atoms with E-state index in [1.54, 1.807) is 7.05 Å². The highest BCUT2D eigenvalue weighted by molar-refractivity contribution is 4.91. The first-order chi connectivity index (χ1) is 5.54. The van der Waals surface area contributed by atoms with Crippen molar-refractivity contribution in [2.24, 2.45) is 0 Å². The molecule has 1 heterocycles. The van der Waals surface area contributed by atoms with Gasteiger partial charge in [0.1, 0.15) is 0 Å². The summed E-state index contributed by atoms with van der Waals surface area (Å²) in [7, 11) is 1.67.